The Kier molecular flexibility index (Phi) is 5.03. The SMILES string of the molecule is CS(=O)(=O)CCC(NC(=O)c1ccc[nH]c1=O)C(=O)O. The molecule has 3 N–H and O–H groups in total. The van der Waals surface area contributed by atoms with Crippen molar-refractivity contribution in [2.45, 2.75) is 12.5 Å². The summed E-state index contributed by atoms with van der Waals surface area (Å²) < 4.78 is 22.0. The fraction of sp³-hybridized carbons (Fsp3) is 0.364. The highest BCUT2D eigenvalue weighted by Crippen LogP contribution is 1.99. The van der Waals surface area contributed by atoms with Gasteiger partial charge in [-0.05, 0) is 18.6 Å². The highest BCUT2D eigenvalue weighted by Gasteiger charge is 2.23. The van der Waals surface area contributed by atoms with E-state index in [1.807, 2.05) is 0 Å². The Hall–Kier alpha value is -2.16. The largest absolute Gasteiger partial charge is 0.480 e. The monoisotopic (exact) mass is 302 g/mol. The number of amides is 1. The molecule has 1 amide bonds. The van der Waals surface area contributed by atoms with E-state index in [4.69, 9.17) is 5.11 Å². The molecule has 0 bridgehead atoms. The Balaban J connectivity index is 2.81. The molecule has 1 heterocycles. The first-order valence-corrected chi connectivity index (χ1v) is 7.66. The Bertz CT molecular complexity index is 663. The molecule has 0 aliphatic rings. The fourth-order valence-corrected chi connectivity index (χ4v) is 2.09. The van der Waals surface area contributed by atoms with E-state index >= 15 is 0 Å². The lowest BCUT2D eigenvalue weighted by atomic mass is 10.2. The second-order valence-electron chi connectivity index (χ2n) is 4.20. The predicted molar refractivity (Wildman–Crippen MR) is 70.3 cm³/mol. The van der Waals surface area contributed by atoms with Gasteiger partial charge in [-0.15, -0.1) is 0 Å². The molecule has 0 aliphatic heterocycles. The van der Waals surface area contributed by atoms with E-state index in [9.17, 15) is 22.8 Å². The summed E-state index contributed by atoms with van der Waals surface area (Å²) in [7, 11) is -3.34. The maximum Gasteiger partial charge on any atom is 0.326 e. The van der Waals surface area contributed by atoms with Gasteiger partial charge in [0.1, 0.15) is 21.4 Å². The zero-order valence-corrected chi connectivity index (χ0v) is 11.4. The van der Waals surface area contributed by atoms with Crippen LogP contribution in [0, 0.1) is 0 Å². The molecule has 0 saturated heterocycles. The molecule has 110 valence electrons. The quantitative estimate of drug-likeness (QED) is 0.616. The summed E-state index contributed by atoms with van der Waals surface area (Å²) in [5.41, 5.74) is -0.893. The van der Waals surface area contributed by atoms with Crippen molar-refractivity contribution in [1.29, 1.82) is 0 Å². The summed E-state index contributed by atoms with van der Waals surface area (Å²) in [4.78, 5) is 36.4. The number of H-pyrrole nitrogens is 1. The number of aromatic amines is 1. The minimum Gasteiger partial charge on any atom is -0.480 e. The van der Waals surface area contributed by atoms with Crippen LogP contribution in [-0.2, 0) is 14.6 Å². The molecule has 8 nitrogen and oxygen atoms in total. The Morgan fingerprint density at radius 2 is 2.10 bits per heavy atom. The third-order valence-corrected chi connectivity index (χ3v) is 3.42. The van der Waals surface area contributed by atoms with Crippen LogP contribution in [0.3, 0.4) is 0 Å². The minimum atomic E-state index is -3.34. The van der Waals surface area contributed by atoms with Gasteiger partial charge in [-0.2, -0.15) is 0 Å². The average molecular weight is 302 g/mol. The lowest BCUT2D eigenvalue weighted by Crippen LogP contribution is -2.43. The zero-order chi connectivity index (χ0) is 15.3. The molecule has 0 radical (unpaired) electrons. The Labute approximate surface area is 114 Å². The Morgan fingerprint density at radius 1 is 1.45 bits per heavy atom. The normalized spacial score (nSPS) is 12.7. The number of hydrogen-bond donors (Lipinski definition) is 3. The zero-order valence-electron chi connectivity index (χ0n) is 10.6. The fourth-order valence-electron chi connectivity index (χ4n) is 1.43. The summed E-state index contributed by atoms with van der Waals surface area (Å²) in [6.45, 7) is 0. The predicted octanol–water partition coefficient (Wildman–Crippen LogP) is -1.01. The highest BCUT2D eigenvalue weighted by molar-refractivity contribution is 7.90. The van der Waals surface area contributed by atoms with Gasteiger partial charge in [0.2, 0.25) is 0 Å². The third-order valence-electron chi connectivity index (χ3n) is 2.44. The van der Waals surface area contributed by atoms with Crippen molar-refractivity contribution in [2.75, 3.05) is 12.0 Å². The minimum absolute atomic E-state index is 0.238. The van der Waals surface area contributed by atoms with Crippen LogP contribution in [0.1, 0.15) is 16.8 Å². The van der Waals surface area contributed by atoms with Crippen molar-refractivity contribution < 1.29 is 23.1 Å². The van der Waals surface area contributed by atoms with E-state index in [1.165, 1.54) is 18.3 Å². The first kappa shape index (κ1) is 15.9. The summed E-state index contributed by atoms with van der Waals surface area (Å²) >= 11 is 0. The summed E-state index contributed by atoms with van der Waals surface area (Å²) in [5, 5.41) is 11.1. The number of nitrogens with one attached hydrogen (secondary N) is 2. The number of carboxylic acids is 1. The number of sulfone groups is 1. The summed E-state index contributed by atoms with van der Waals surface area (Å²) in [6.07, 6.45) is 2.03. The van der Waals surface area contributed by atoms with Crippen molar-refractivity contribution in [3.8, 4) is 0 Å². The van der Waals surface area contributed by atoms with Crippen LogP contribution in [-0.4, -0.2) is 48.4 Å². The molecule has 1 aromatic heterocycles. The maximum atomic E-state index is 11.8. The van der Waals surface area contributed by atoms with Gasteiger partial charge >= 0.3 is 5.97 Å². The second kappa shape index (κ2) is 6.33. The summed E-state index contributed by atoms with van der Waals surface area (Å²) in [6, 6.07) is 1.28. The van der Waals surface area contributed by atoms with Gasteiger partial charge in [-0.25, -0.2) is 13.2 Å². The van der Waals surface area contributed by atoms with Crippen molar-refractivity contribution in [1.82, 2.24) is 10.3 Å². The molecule has 20 heavy (non-hydrogen) atoms. The number of carbonyl (C=O) groups excluding carboxylic acids is 1. The van der Waals surface area contributed by atoms with Crippen molar-refractivity contribution in [3.05, 3.63) is 34.2 Å². The van der Waals surface area contributed by atoms with E-state index in [1.54, 1.807) is 0 Å². The van der Waals surface area contributed by atoms with Gasteiger partial charge in [0.05, 0.1) is 5.75 Å². The van der Waals surface area contributed by atoms with Crippen molar-refractivity contribution >= 4 is 21.7 Å². The number of aliphatic carboxylic acids is 1. The van der Waals surface area contributed by atoms with Crippen LogP contribution in [0.4, 0.5) is 0 Å². The van der Waals surface area contributed by atoms with E-state index < -0.39 is 33.3 Å². The maximum absolute atomic E-state index is 11.8. The molecule has 0 saturated carbocycles. The van der Waals surface area contributed by atoms with Crippen LogP contribution >= 0.6 is 0 Å². The molecule has 9 heteroatoms. The smallest absolute Gasteiger partial charge is 0.326 e. The summed E-state index contributed by atoms with van der Waals surface area (Å²) in [5.74, 6) is -2.61. The first-order valence-electron chi connectivity index (χ1n) is 5.60. The number of carbonyl (C=O) groups is 2. The second-order valence-corrected chi connectivity index (χ2v) is 6.46. The van der Waals surface area contributed by atoms with Crippen LogP contribution in [0.25, 0.3) is 0 Å². The van der Waals surface area contributed by atoms with Gasteiger partial charge in [-0.3, -0.25) is 9.59 Å². The number of hydrogen-bond acceptors (Lipinski definition) is 5. The number of carboxylic acid groups (broad SMARTS) is 1. The van der Waals surface area contributed by atoms with Gasteiger partial charge in [0, 0.05) is 12.5 Å². The molecule has 1 atom stereocenters. The molecule has 1 aromatic rings. The van der Waals surface area contributed by atoms with Gasteiger partial charge < -0.3 is 15.4 Å². The molecule has 1 rings (SSSR count). The topological polar surface area (TPSA) is 133 Å². The molecule has 1 unspecified atom stereocenters. The van der Waals surface area contributed by atoms with Gasteiger partial charge in [0.15, 0.2) is 0 Å². The van der Waals surface area contributed by atoms with Crippen molar-refractivity contribution in [3.63, 3.8) is 0 Å². The molecule has 0 spiro atoms. The molecule has 0 aromatic carbocycles. The van der Waals surface area contributed by atoms with Gasteiger partial charge in [0.25, 0.3) is 11.5 Å². The number of pyridine rings is 1. The average Bonchev–Trinajstić information content (AvgIpc) is 2.33. The van der Waals surface area contributed by atoms with E-state index in [0.717, 1.165) is 6.26 Å². The number of aromatic nitrogens is 1. The van der Waals surface area contributed by atoms with Crippen LogP contribution in [0.5, 0.6) is 0 Å². The highest BCUT2D eigenvalue weighted by atomic mass is 32.2. The van der Waals surface area contributed by atoms with E-state index in [0.29, 0.717) is 0 Å². The van der Waals surface area contributed by atoms with Crippen LogP contribution in [0.15, 0.2) is 23.1 Å². The van der Waals surface area contributed by atoms with Crippen LogP contribution < -0.4 is 10.9 Å². The molecular weight excluding hydrogens is 288 g/mol. The lowest BCUT2D eigenvalue weighted by Gasteiger charge is -2.13. The van der Waals surface area contributed by atoms with E-state index in [2.05, 4.69) is 10.3 Å². The molecule has 0 aliphatic carbocycles. The third kappa shape index (κ3) is 4.84. The van der Waals surface area contributed by atoms with Crippen LogP contribution in [0.2, 0.25) is 0 Å². The van der Waals surface area contributed by atoms with Gasteiger partial charge in [-0.1, -0.05) is 0 Å². The number of rotatable bonds is 6. The van der Waals surface area contributed by atoms with E-state index in [-0.39, 0.29) is 17.7 Å². The lowest BCUT2D eigenvalue weighted by molar-refractivity contribution is -0.139. The van der Waals surface area contributed by atoms with Crippen molar-refractivity contribution in [2.24, 2.45) is 0 Å². The first-order chi connectivity index (χ1) is 9.20. The molecular formula is C11H14N2O6S. The Morgan fingerprint density at radius 3 is 2.60 bits per heavy atom. The molecule has 0 fully saturated rings. The standard InChI is InChI=1S/C11H14N2O6S/c1-20(18,19)6-4-8(11(16)17)13-10(15)7-3-2-5-12-9(7)14/h2-3,5,8H,4,6H2,1H3,(H,12,14)(H,13,15)(H,16,17).